The van der Waals surface area contributed by atoms with Gasteiger partial charge in [-0.1, -0.05) is 31.5 Å². The third-order valence-corrected chi connectivity index (χ3v) is 2.20. The number of benzene rings is 1. The van der Waals surface area contributed by atoms with E-state index >= 15 is 0 Å². The molecule has 1 rings (SSSR count). The van der Waals surface area contributed by atoms with Crippen LogP contribution in [-0.2, 0) is 0 Å². The molecule has 0 radical (unpaired) electrons. The Hall–Kier alpha value is -1.64. The molecule has 1 aromatic rings. The summed E-state index contributed by atoms with van der Waals surface area (Å²) in [4.78, 5) is 22.7. The van der Waals surface area contributed by atoms with E-state index in [1.54, 1.807) is 32.9 Å². The normalized spacial score (nSPS) is 10.4. The second-order valence-corrected chi connectivity index (χ2v) is 3.87. The van der Waals surface area contributed by atoms with E-state index in [4.69, 9.17) is 5.11 Å². The van der Waals surface area contributed by atoms with Gasteiger partial charge in [0.1, 0.15) is 0 Å². The number of aryl methyl sites for hydroxylation is 1. The van der Waals surface area contributed by atoms with Crippen molar-refractivity contribution in [2.24, 2.45) is 5.92 Å². The second-order valence-electron chi connectivity index (χ2n) is 3.87. The van der Waals surface area contributed by atoms with Crippen LogP contribution in [0.2, 0.25) is 0 Å². The van der Waals surface area contributed by atoms with Gasteiger partial charge in [-0.25, -0.2) is 4.79 Å². The van der Waals surface area contributed by atoms with Crippen molar-refractivity contribution in [2.75, 3.05) is 0 Å². The van der Waals surface area contributed by atoms with Crippen LogP contribution in [0.4, 0.5) is 0 Å². The van der Waals surface area contributed by atoms with Crippen LogP contribution in [0.25, 0.3) is 0 Å². The fourth-order valence-corrected chi connectivity index (χ4v) is 1.36. The zero-order valence-electron chi connectivity index (χ0n) is 9.07. The summed E-state index contributed by atoms with van der Waals surface area (Å²) in [6, 6.07) is 4.86. The van der Waals surface area contributed by atoms with Crippen molar-refractivity contribution in [3.8, 4) is 0 Å². The third-order valence-electron chi connectivity index (χ3n) is 2.20. The fourth-order valence-electron chi connectivity index (χ4n) is 1.36. The summed E-state index contributed by atoms with van der Waals surface area (Å²) in [5.41, 5.74) is 1.23. The lowest BCUT2D eigenvalue weighted by Gasteiger charge is -2.08. The summed E-state index contributed by atoms with van der Waals surface area (Å²) in [5.74, 6) is -1.37. The van der Waals surface area contributed by atoms with E-state index in [1.807, 2.05) is 0 Å². The van der Waals surface area contributed by atoms with E-state index in [0.29, 0.717) is 5.56 Å². The van der Waals surface area contributed by atoms with Gasteiger partial charge in [-0.05, 0) is 13.0 Å². The Bertz CT molecular complexity index is 405. The van der Waals surface area contributed by atoms with E-state index in [0.717, 1.165) is 5.56 Å². The number of ketones is 1. The maximum Gasteiger partial charge on any atom is 0.336 e. The minimum atomic E-state index is -1.05. The van der Waals surface area contributed by atoms with Crippen LogP contribution < -0.4 is 0 Å². The van der Waals surface area contributed by atoms with E-state index in [2.05, 4.69) is 0 Å². The van der Waals surface area contributed by atoms with Gasteiger partial charge in [0.25, 0.3) is 0 Å². The molecule has 0 saturated carbocycles. The quantitative estimate of drug-likeness (QED) is 0.773. The molecule has 1 N–H and O–H groups in total. The lowest BCUT2D eigenvalue weighted by Crippen LogP contribution is -2.13. The summed E-state index contributed by atoms with van der Waals surface area (Å²) in [5, 5.41) is 8.97. The number of carbonyl (C=O) groups excluding carboxylic acids is 1. The predicted molar refractivity (Wildman–Crippen MR) is 57.3 cm³/mol. The molecular formula is C12H14O3. The number of hydrogen-bond acceptors (Lipinski definition) is 2. The summed E-state index contributed by atoms with van der Waals surface area (Å²) >= 11 is 0. The molecule has 3 heteroatoms. The Morgan fingerprint density at radius 1 is 1.20 bits per heavy atom. The Labute approximate surface area is 88.7 Å². The number of aromatic carboxylic acids is 1. The molecule has 0 aliphatic heterocycles. The number of hydrogen-bond donors (Lipinski definition) is 1. The number of carboxylic acids is 1. The standard InChI is InChI=1S/C12H14O3/c1-7(2)11(13)9-5-4-8(3)6-10(9)12(14)15/h4-7H,1-3H3,(H,14,15). The average Bonchev–Trinajstić information content (AvgIpc) is 2.16. The van der Waals surface area contributed by atoms with Crippen molar-refractivity contribution in [3.63, 3.8) is 0 Å². The Balaban J connectivity index is 3.29. The maximum absolute atomic E-state index is 11.7. The minimum Gasteiger partial charge on any atom is -0.478 e. The molecule has 0 spiro atoms. The lowest BCUT2D eigenvalue weighted by molar-refractivity contribution is 0.0690. The van der Waals surface area contributed by atoms with Gasteiger partial charge >= 0.3 is 5.97 Å². The van der Waals surface area contributed by atoms with Crippen LogP contribution >= 0.6 is 0 Å². The zero-order valence-corrected chi connectivity index (χ0v) is 9.07. The molecule has 0 heterocycles. The third kappa shape index (κ3) is 2.43. The summed E-state index contributed by atoms with van der Waals surface area (Å²) < 4.78 is 0. The van der Waals surface area contributed by atoms with Crippen LogP contribution in [0.15, 0.2) is 18.2 Å². The van der Waals surface area contributed by atoms with Gasteiger partial charge in [-0.15, -0.1) is 0 Å². The molecular weight excluding hydrogens is 192 g/mol. The Morgan fingerprint density at radius 3 is 2.27 bits per heavy atom. The van der Waals surface area contributed by atoms with E-state index in [-0.39, 0.29) is 17.3 Å². The van der Waals surface area contributed by atoms with Gasteiger partial charge in [0.2, 0.25) is 0 Å². The molecule has 0 amide bonds. The topological polar surface area (TPSA) is 54.4 Å². The van der Waals surface area contributed by atoms with E-state index in [9.17, 15) is 9.59 Å². The predicted octanol–water partition coefficient (Wildman–Crippen LogP) is 2.53. The number of carbonyl (C=O) groups is 2. The molecule has 0 aliphatic rings. The van der Waals surface area contributed by atoms with E-state index in [1.165, 1.54) is 6.07 Å². The second kappa shape index (κ2) is 4.26. The SMILES string of the molecule is Cc1ccc(C(=O)C(C)C)c(C(=O)O)c1. The summed E-state index contributed by atoms with van der Waals surface area (Å²) in [6.45, 7) is 5.32. The highest BCUT2D eigenvalue weighted by atomic mass is 16.4. The highest BCUT2D eigenvalue weighted by Gasteiger charge is 2.18. The first-order valence-corrected chi connectivity index (χ1v) is 4.81. The molecule has 0 atom stereocenters. The molecule has 0 unspecified atom stereocenters. The van der Waals surface area contributed by atoms with Crippen molar-refractivity contribution in [1.29, 1.82) is 0 Å². The molecule has 0 aliphatic carbocycles. The van der Waals surface area contributed by atoms with Crippen molar-refractivity contribution < 1.29 is 14.7 Å². The van der Waals surface area contributed by atoms with Crippen LogP contribution in [0.1, 0.15) is 40.1 Å². The molecule has 0 bridgehead atoms. The number of carboxylic acid groups (broad SMARTS) is 1. The van der Waals surface area contributed by atoms with Gasteiger partial charge in [-0.3, -0.25) is 4.79 Å². The minimum absolute atomic E-state index is 0.0914. The molecule has 1 aromatic carbocycles. The molecule has 15 heavy (non-hydrogen) atoms. The van der Waals surface area contributed by atoms with Crippen molar-refractivity contribution in [3.05, 3.63) is 34.9 Å². The molecule has 0 aromatic heterocycles. The Morgan fingerprint density at radius 2 is 1.80 bits per heavy atom. The van der Waals surface area contributed by atoms with Crippen molar-refractivity contribution in [2.45, 2.75) is 20.8 Å². The van der Waals surface area contributed by atoms with Gasteiger partial charge in [-0.2, -0.15) is 0 Å². The average molecular weight is 206 g/mol. The molecule has 0 fully saturated rings. The maximum atomic E-state index is 11.7. The molecule has 0 saturated heterocycles. The van der Waals surface area contributed by atoms with Crippen LogP contribution in [0, 0.1) is 12.8 Å². The first-order valence-electron chi connectivity index (χ1n) is 4.81. The molecule has 3 nitrogen and oxygen atoms in total. The van der Waals surface area contributed by atoms with Crippen molar-refractivity contribution >= 4 is 11.8 Å². The molecule has 80 valence electrons. The van der Waals surface area contributed by atoms with Gasteiger partial charge < -0.3 is 5.11 Å². The number of Topliss-reactive ketones (excluding diaryl/α,β-unsaturated/α-hetero) is 1. The fraction of sp³-hybridized carbons (Fsp3) is 0.333. The first kappa shape index (κ1) is 11.4. The lowest BCUT2D eigenvalue weighted by atomic mass is 9.95. The highest BCUT2D eigenvalue weighted by Crippen LogP contribution is 2.16. The van der Waals surface area contributed by atoms with Crippen LogP contribution in [0.3, 0.4) is 0 Å². The van der Waals surface area contributed by atoms with Gasteiger partial charge in [0.05, 0.1) is 5.56 Å². The smallest absolute Gasteiger partial charge is 0.336 e. The Kier molecular flexibility index (Phi) is 3.24. The van der Waals surface area contributed by atoms with Crippen LogP contribution in [-0.4, -0.2) is 16.9 Å². The first-order chi connectivity index (χ1) is 6.93. The summed E-state index contributed by atoms with van der Waals surface area (Å²) in [6.07, 6.45) is 0. The zero-order chi connectivity index (χ0) is 11.6. The largest absolute Gasteiger partial charge is 0.478 e. The number of rotatable bonds is 3. The van der Waals surface area contributed by atoms with Gasteiger partial charge in [0.15, 0.2) is 5.78 Å². The van der Waals surface area contributed by atoms with Crippen molar-refractivity contribution in [1.82, 2.24) is 0 Å². The monoisotopic (exact) mass is 206 g/mol. The summed E-state index contributed by atoms with van der Waals surface area (Å²) in [7, 11) is 0. The van der Waals surface area contributed by atoms with E-state index < -0.39 is 5.97 Å². The van der Waals surface area contributed by atoms with Crippen LogP contribution in [0.5, 0.6) is 0 Å². The highest BCUT2D eigenvalue weighted by molar-refractivity contribution is 6.06. The van der Waals surface area contributed by atoms with Gasteiger partial charge in [0, 0.05) is 11.5 Å².